The monoisotopic (exact) mass is 337 g/mol. The number of benzene rings is 1. The molecule has 1 aromatic carbocycles. The summed E-state index contributed by atoms with van der Waals surface area (Å²) in [6, 6.07) is 1.77. The van der Waals surface area contributed by atoms with Gasteiger partial charge in [0.1, 0.15) is 11.7 Å². The number of fused-ring (bicyclic) bond motifs is 1. The maximum absolute atomic E-state index is 13.6. The Hall–Kier alpha value is -2.84. The summed E-state index contributed by atoms with van der Waals surface area (Å²) in [5.74, 6) is -3.39. The lowest BCUT2D eigenvalue weighted by Crippen LogP contribution is -2.49. The highest BCUT2D eigenvalue weighted by Crippen LogP contribution is 2.38. The van der Waals surface area contributed by atoms with Gasteiger partial charge < -0.3 is 15.1 Å². The van der Waals surface area contributed by atoms with E-state index in [4.69, 9.17) is 5.11 Å². The number of halogens is 2. The molecule has 2 aromatic rings. The first-order valence-corrected chi connectivity index (χ1v) is 7.16. The van der Waals surface area contributed by atoms with Crippen LogP contribution in [0.4, 0.5) is 13.6 Å². The minimum atomic E-state index is -1.47. The van der Waals surface area contributed by atoms with Crippen LogP contribution in [-0.4, -0.2) is 50.2 Å². The summed E-state index contributed by atoms with van der Waals surface area (Å²) in [4.78, 5) is 32.0. The standard InChI is InChI=1S/C15H13F2N3O4/c16-9-5-8-11(6-10(9)17)18-7-19-12(8)15(13(21)22)1-3-20(4-2-15)14(23)24/h5-7H,1-4H2,(H,21,22)(H,23,24). The molecule has 0 atom stereocenters. The number of nitrogens with zero attached hydrogens (tertiary/aromatic N) is 3. The second-order valence-electron chi connectivity index (χ2n) is 5.66. The summed E-state index contributed by atoms with van der Waals surface area (Å²) in [7, 11) is 0. The van der Waals surface area contributed by atoms with Crippen LogP contribution >= 0.6 is 0 Å². The Morgan fingerprint density at radius 2 is 1.71 bits per heavy atom. The van der Waals surface area contributed by atoms with E-state index in [-0.39, 0.29) is 42.5 Å². The highest BCUT2D eigenvalue weighted by Gasteiger charge is 2.46. The predicted octanol–water partition coefficient (Wildman–Crippen LogP) is 2.00. The number of piperidine rings is 1. The van der Waals surface area contributed by atoms with Gasteiger partial charge in [-0.15, -0.1) is 0 Å². The summed E-state index contributed by atoms with van der Waals surface area (Å²) < 4.78 is 27.0. The number of amides is 1. The molecule has 126 valence electrons. The molecule has 0 saturated carbocycles. The van der Waals surface area contributed by atoms with Crippen LogP contribution in [0.15, 0.2) is 18.5 Å². The topological polar surface area (TPSA) is 104 Å². The average Bonchev–Trinajstić information content (AvgIpc) is 2.55. The SMILES string of the molecule is O=C(O)N1CCC(C(=O)O)(c2ncnc3cc(F)c(F)cc23)CC1. The molecule has 3 rings (SSSR count). The van der Waals surface area contributed by atoms with Crippen molar-refractivity contribution in [2.75, 3.05) is 13.1 Å². The molecule has 1 fully saturated rings. The lowest BCUT2D eigenvalue weighted by molar-refractivity contribution is -0.146. The second-order valence-corrected chi connectivity index (χ2v) is 5.66. The third-order valence-electron chi connectivity index (χ3n) is 4.43. The normalized spacial score (nSPS) is 17.0. The average molecular weight is 337 g/mol. The van der Waals surface area contributed by atoms with Gasteiger partial charge in [-0.1, -0.05) is 0 Å². The second kappa shape index (κ2) is 5.66. The number of carboxylic acids is 1. The largest absolute Gasteiger partial charge is 0.481 e. The van der Waals surface area contributed by atoms with E-state index in [0.29, 0.717) is 0 Å². The van der Waals surface area contributed by atoms with Gasteiger partial charge in [0.15, 0.2) is 11.6 Å². The first-order chi connectivity index (χ1) is 11.3. The molecule has 1 aliphatic rings. The van der Waals surface area contributed by atoms with E-state index in [1.165, 1.54) is 0 Å². The number of aliphatic carboxylic acids is 1. The van der Waals surface area contributed by atoms with E-state index in [2.05, 4.69) is 9.97 Å². The number of likely N-dealkylation sites (tertiary alicyclic amines) is 1. The zero-order valence-corrected chi connectivity index (χ0v) is 12.4. The molecule has 1 saturated heterocycles. The number of rotatable bonds is 2. The molecular weight excluding hydrogens is 324 g/mol. The van der Waals surface area contributed by atoms with Crippen molar-refractivity contribution < 1.29 is 28.6 Å². The van der Waals surface area contributed by atoms with Crippen LogP contribution in [0, 0.1) is 11.6 Å². The third kappa shape index (κ3) is 2.41. The summed E-state index contributed by atoms with van der Waals surface area (Å²) >= 11 is 0. The molecule has 9 heteroatoms. The molecule has 7 nitrogen and oxygen atoms in total. The van der Waals surface area contributed by atoms with Crippen molar-refractivity contribution in [1.82, 2.24) is 14.9 Å². The Bertz CT molecular complexity index is 835. The van der Waals surface area contributed by atoms with Gasteiger partial charge in [-0.2, -0.15) is 0 Å². The van der Waals surface area contributed by atoms with Crippen LogP contribution in [0.3, 0.4) is 0 Å². The highest BCUT2D eigenvalue weighted by molar-refractivity contribution is 5.90. The summed E-state index contributed by atoms with van der Waals surface area (Å²) in [6.07, 6.45) is -0.0578. The Kier molecular flexibility index (Phi) is 3.78. The fourth-order valence-electron chi connectivity index (χ4n) is 3.06. The van der Waals surface area contributed by atoms with Gasteiger partial charge in [-0.25, -0.2) is 23.5 Å². The van der Waals surface area contributed by atoms with Crippen LogP contribution < -0.4 is 0 Å². The molecule has 24 heavy (non-hydrogen) atoms. The van der Waals surface area contributed by atoms with E-state index in [0.717, 1.165) is 23.4 Å². The predicted molar refractivity (Wildman–Crippen MR) is 77.6 cm³/mol. The molecule has 0 radical (unpaired) electrons. The first kappa shape index (κ1) is 16.0. The summed E-state index contributed by atoms with van der Waals surface area (Å²) in [6.45, 7) is 0.0214. The third-order valence-corrected chi connectivity index (χ3v) is 4.43. The number of carboxylic acid groups (broad SMARTS) is 2. The minimum Gasteiger partial charge on any atom is -0.481 e. The fraction of sp³-hybridized carbons (Fsp3) is 0.333. The van der Waals surface area contributed by atoms with Gasteiger partial charge in [-0.3, -0.25) is 4.79 Å². The van der Waals surface area contributed by atoms with Crippen LogP contribution in [0.1, 0.15) is 18.5 Å². The molecule has 1 amide bonds. The van der Waals surface area contributed by atoms with Gasteiger partial charge in [0.25, 0.3) is 0 Å². The molecule has 1 aliphatic heterocycles. The first-order valence-electron chi connectivity index (χ1n) is 7.16. The number of hydrogen-bond donors (Lipinski definition) is 2. The zero-order valence-electron chi connectivity index (χ0n) is 12.4. The van der Waals surface area contributed by atoms with E-state index in [1.54, 1.807) is 0 Å². The molecule has 0 aliphatic carbocycles. The Morgan fingerprint density at radius 1 is 1.08 bits per heavy atom. The molecule has 0 unspecified atom stereocenters. The Labute approximate surface area is 134 Å². The van der Waals surface area contributed by atoms with Crippen molar-refractivity contribution in [2.24, 2.45) is 0 Å². The van der Waals surface area contributed by atoms with Gasteiger partial charge in [0.2, 0.25) is 0 Å². The lowest BCUT2D eigenvalue weighted by Gasteiger charge is -2.37. The van der Waals surface area contributed by atoms with Gasteiger partial charge in [-0.05, 0) is 18.9 Å². The lowest BCUT2D eigenvalue weighted by atomic mass is 9.74. The van der Waals surface area contributed by atoms with Crippen LogP contribution in [-0.2, 0) is 10.2 Å². The number of carbonyl (C=O) groups is 2. The molecule has 1 aromatic heterocycles. The van der Waals surface area contributed by atoms with Crippen molar-refractivity contribution in [3.05, 3.63) is 35.8 Å². The fourth-order valence-corrected chi connectivity index (χ4v) is 3.06. The number of hydrogen-bond acceptors (Lipinski definition) is 4. The van der Waals surface area contributed by atoms with Crippen LogP contribution in [0.5, 0.6) is 0 Å². The summed E-state index contributed by atoms with van der Waals surface area (Å²) in [5, 5.41) is 18.9. The quantitative estimate of drug-likeness (QED) is 0.869. The molecule has 0 bridgehead atoms. The van der Waals surface area contributed by atoms with E-state index >= 15 is 0 Å². The molecule has 2 heterocycles. The molecule has 0 spiro atoms. The molecular formula is C15H13F2N3O4. The highest BCUT2D eigenvalue weighted by atomic mass is 19.2. The van der Waals surface area contributed by atoms with Gasteiger partial charge in [0, 0.05) is 24.5 Å². The maximum Gasteiger partial charge on any atom is 0.407 e. The summed E-state index contributed by atoms with van der Waals surface area (Å²) in [5.41, 5.74) is -1.30. The van der Waals surface area contributed by atoms with E-state index < -0.39 is 29.1 Å². The van der Waals surface area contributed by atoms with E-state index in [9.17, 15) is 23.5 Å². The van der Waals surface area contributed by atoms with Crippen molar-refractivity contribution in [3.8, 4) is 0 Å². The molecule has 2 N–H and O–H groups in total. The van der Waals surface area contributed by atoms with Crippen molar-refractivity contribution in [2.45, 2.75) is 18.3 Å². The van der Waals surface area contributed by atoms with E-state index in [1.807, 2.05) is 0 Å². The van der Waals surface area contributed by atoms with Crippen molar-refractivity contribution in [3.63, 3.8) is 0 Å². The van der Waals surface area contributed by atoms with Crippen molar-refractivity contribution in [1.29, 1.82) is 0 Å². The smallest absolute Gasteiger partial charge is 0.407 e. The van der Waals surface area contributed by atoms with Crippen LogP contribution in [0.2, 0.25) is 0 Å². The Balaban J connectivity index is 2.14. The Morgan fingerprint density at radius 3 is 2.29 bits per heavy atom. The van der Waals surface area contributed by atoms with Gasteiger partial charge in [0.05, 0.1) is 11.2 Å². The number of aromatic nitrogens is 2. The van der Waals surface area contributed by atoms with Crippen molar-refractivity contribution >= 4 is 23.0 Å². The minimum absolute atomic E-state index is 0.0107. The maximum atomic E-state index is 13.6. The van der Waals surface area contributed by atoms with Gasteiger partial charge >= 0.3 is 12.1 Å². The zero-order chi connectivity index (χ0) is 17.5. The van der Waals surface area contributed by atoms with Crippen LogP contribution in [0.25, 0.3) is 10.9 Å².